The van der Waals surface area contributed by atoms with E-state index in [9.17, 15) is 13.2 Å². The van der Waals surface area contributed by atoms with Crippen LogP contribution in [-0.2, 0) is 12.8 Å². The van der Waals surface area contributed by atoms with Gasteiger partial charge in [0.05, 0.1) is 0 Å². The first kappa shape index (κ1) is 12.3. The summed E-state index contributed by atoms with van der Waals surface area (Å²) in [4.78, 5) is 0. The van der Waals surface area contributed by atoms with Gasteiger partial charge in [0.2, 0.25) is 0 Å². The maximum Gasteiger partial charge on any atom is 0.194 e. The second-order valence-corrected chi connectivity index (χ2v) is 4.93. The third kappa shape index (κ3) is 1.84. The molecule has 0 N–H and O–H groups in total. The Kier molecular flexibility index (Phi) is 2.85. The van der Waals surface area contributed by atoms with Crippen LogP contribution in [0.2, 0.25) is 0 Å². The van der Waals surface area contributed by atoms with Gasteiger partial charge in [-0.1, -0.05) is 31.5 Å². The highest BCUT2D eigenvalue weighted by atomic mass is 19.2. The van der Waals surface area contributed by atoms with Crippen LogP contribution in [0.15, 0.2) is 24.3 Å². The van der Waals surface area contributed by atoms with Gasteiger partial charge in [-0.25, -0.2) is 13.2 Å². The molecule has 0 heterocycles. The van der Waals surface area contributed by atoms with Crippen molar-refractivity contribution in [3.05, 3.63) is 58.4 Å². The largest absolute Gasteiger partial charge is 0.204 e. The number of benzene rings is 2. The normalized spacial score (nSPS) is 12.4. The lowest BCUT2D eigenvalue weighted by Gasteiger charge is -2.05. The van der Waals surface area contributed by atoms with E-state index >= 15 is 0 Å². The van der Waals surface area contributed by atoms with E-state index in [2.05, 4.69) is 6.92 Å². The fraction of sp³-hybridized carbons (Fsp3) is 0.250. The molecule has 98 valence electrons. The minimum atomic E-state index is -1.37. The van der Waals surface area contributed by atoms with Crippen molar-refractivity contribution in [1.29, 1.82) is 0 Å². The molecule has 3 rings (SSSR count). The Morgan fingerprint density at radius 1 is 1.00 bits per heavy atom. The maximum absolute atomic E-state index is 13.8. The van der Waals surface area contributed by atoms with Crippen LogP contribution in [-0.4, -0.2) is 0 Å². The van der Waals surface area contributed by atoms with E-state index in [1.165, 1.54) is 5.56 Å². The van der Waals surface area contributed by atoms with Crippen LogP contribution in [0.5, 0.6) is 0 Å². The van der Waals surface area contributed by atoms with E-state index in [1.54, 1.807) is 0 Å². The molecule has 1 aliphatic carbocycles. The lowest BCUT2D eigenvalue weighted by atomic mass is 10.0. The molecule has 19 heavy (non-hydrogen) atoms. The van der Waals surface area contributed by atoms with Gasteiger partial charge in [0.25, 0.3) is 0 Å². The van der Waals surface area contributed by atoms with E-state index in [1.807, 2.05) is 18.2 Å². The summed E-state index contributed by atoms with van der Waals surface area (Å²) < 4.78 is 40.3. The molecular weight excluding hydrogens is 249 g/mol. The number of aryl methyl sites for hydroxylation is 1. The van der Waals surface area contributed by atoms with Crippen molar-refractivity contribution in [3.63, 3.8) is 0 Å². The summed E-state index contributed by atoms with van der Waals surface area (Å²) in [5, 5.41) is 0. The summed E-state index contributed by atoms with van der Waals surface area (Å²) in [6.45, 7) is 2.09. The molecule has 0 nitrogen and oxygen atoms in total. The average molecular weight is 262 g/mol. The van der Waals surface area contributed by atoms with Crippen LogP contribution in [0.25, 0.3) is 11.1 Å². The van der Waals surface area contributed by atoms with Crippen molar-refractivity contribution in [2.45, 2.75) is 26.2 Å². The predicted octanol–water partition coefficient (Wildman–Crippen LogP) is 4.63. The Bertz CT molecular complexity index is 660. The number of hydrogen-bond acceptors (Lipinski definition) is 0. The number of fused-ring (bicyclic) bond motifs is 3. The highest BCUT2D eigenvalue weighted by molar-refractivity contribution is 5.77. The first-order chi connectivity index (χ1) is 9.11. The molecule has 0 radical (unpaired) electrons. The summed E-state index contributed by atoms with van der Waals surface area (Å²) in [6.07, 6.45) is 2.32. The van der Waals surface area contributed by atoms with Crippen LogP contribution in [0, 0.1) is 17.5 Å². The van der Waals surface area contributed by atoms with E-state index in [-0.39, 0.29) is 5.56 Å². The van der Waals surface area contributed by atoms with Gasteiger partial charge in [0.1, 0.15) is 0 Å². The Balaban J connectivity index is 2.14. The van der Waals surface area contributed by atoms with E-state index < -0.39 is 17.5 Å². The minimum absolute atomic E-state index is 0.266. The second-order valence-electron chi connectivity index (χ2n) is 4.93. The van der Waals surface area contributed by atoms with E-state index in [0.29, 0.717) is 12.0 Å². The first-order valence-corrected chi connectivity index (χ1v) is 6.40. The molecule has 0 aromatic heterocycles. The molecule has 0 spiro atoms. The molecule has 0 saturated carbocycles. The third-order valence-corrected chi connectivity index (χ3v) is 3.63. The number of halogens is 3. The maximum atomic E-state index is 13.8. The van der Waals surface area contributed by atoms with Crippen molar-refractivity contribution >= 4 is 0 Å². The lowest BCUT2D eigenvalue weighted by molar-refractivity contribution is 0.443. The fourth-order valence-corrected chi connectivity index (χ4v) is 2.74. The molecule has 0 saturated heterocycles. The van der Waals surface area contributed by atoms with Crippen molar-refractivity contribution < 1.29 is 13.2 Å². The first-order valence-electron chi connectivity index (χ1n) is 6.40. The standard InChI is InChI=1S/C16H13F3/c1-2-3-9-4-5-11-10(6-9)7-13-12(11)8-14(17)16(19)15(13)18/h4-6,8H,2-3,7H2,1H3. The van der Waals surface area contributed by atoms with Crippen LogP contribution in [0.1, 0.15) is 30.0 Å². The van der Waals surface area contributed by atoms with Crippen LogP contribution >= 0.6 is 0 Å². The smallest absolute Gasteiger partial charge is 0.194 e. The zero-order valence-corrected chi connectivity index (χ0v) is 10.6. The van der Waals surface area contributed by atoms with E-state index in [0.717, 1.165) is 30.0 Å². The average Bonchev–Trinajstić information content (AvgIpc) is 2.75. The third-order valence-electron chi connectivity index (χ3n) is 3.63. The van der Waals surface area contributed by atoms with Crippen LogP contribution < -0.4 is 0 Å². The summed E-state index contributed by atoms with van der Waals surface area (Å²) in [6, 6.07) is 6.95. The fourth-order valence-electron chi connectivity index (χ4n) is 2.74. The van der Waals surface area contributed by atoms with E-state index in [4.69, 9.17) is 0 Å². The topological polar surface area (TPSA) is 0 Å². The molecule has 0 unspecified atom stereocenters. The van der Waals surface area contributed by atoms with Gasteiger partial charge in [-0.2, -0.15) is 0 Å². The van der Waals surface area contributed by atoms with Gasteiger partial charge in [0, 0.05) is 12.0 Å². The summed E-state index contributed by atoms with van der Waals surface area (Å²) in [7, 11) is 0. The second kappa shape index (κ2) is 4.41. The van der Waals surface area contributed by atoms with Gasteiger partial charge in [-0.05, 0) is 34.7 Å². The van der Waals surface area contributed by atoms with Crippen molar-refractivity contribution in [1.82, 2.24) is 0 Å². The zero-order chi connectivity index (χ0) is 13.6. The van der Waals surface area contributed by atoms with Crippen LogP contribution in [0.4, 0.5) is 13.2 Å². The quantitative estimate of drug-likeness (QED) is 0.591. The molecule has 3 heteroatoms. The Morgan fingerprint density at radius 2 is 1.79 bits per heavy atom. The molecule has 1 aliphatic rings. The predicted molar refractivity (Wildman–Crippen MR) is 68.6 cm³/mol. The van der Waals surface area contributed by atoms with Crippen molar-refractivity contribution in [2.75, 3.05) is 0 Å². The summed E-state index contributed by atoms with van der Waals surface area (Å²) in [5.41, 5.74) is 3.69. The monoisotopic (exact) mass is 262 g/mol. The van der Waals surface area contributed by atoms with Gasteiger partial charge >= 0.3 is 0 Å². The van der Waals surface area contributed by atoms with Gasteiger partial charge in [-0.15, -0.1) is 0 Å². The minimum Gasteiger partial charge on any atom is -0.204 e. The Morgan fingerprint density at radius 3 is 2.53 bits per heavy atom. The van der Waals surface area contributed by atoms with Gasteiger partial charge in [-0.3, -0.25) is 0 Å². The summed E-state index contributed by atoms with van der Waals surface area (Å²) >= 11 is 0. The summed E-state index contributed by atoms with van der Waals surface area (Å²) in [5.74, 6) is -3.55. The van der Waals surface area contributed by atoms with Gasteiger partial charge < -0.3 is 0 Å². The Labute approximate surface area is 109 Å². The molecule has 2 aromatic carbocycles. The molecular formula is C16H13F3. The number of rotatable bonds is 2. The molecule has 0 aliphatic heterocycles. The van der Waals surface area contributed by atoms with Crippen molar-refractivity contribution in [3.8, 4) is 11.1 Å². The Hall–Kier alpha value is -1.77. The van der Waals surface area contributed by atoms with Crippen molar-refractivity contribution in [2.24, 2.45) is 0 Å². The highest BCUT2D eigenvalue weighted by Crippen LogP contribution is 2.39. The SMILES string of the molecule is CCCc1ccc2c(c1)Cc1c-2cc(F)c(F)c1F. The van der Waals surface area contributed by atoms with Gasteiger partial charge in [0.15, 0.2) is 17.5 Å². The molecule has 0 atom stereocenters. The number of hydrogen-bond donors (Lipinski definition) is 0. The molecule has 2 aromatic rings. The molecule has 0 bridgehead atoms. The lowest BCUT2D eigenvalue weighted by Crippen LogP contribution is -1.96. The van der Waals surface area contributed by atoms with Crippen LogP contribution in [0.3, 0.4) is 0 Å². The molecule has 0 fully saturated rings. The highest BCUT2D eigenvalue weighted by Gasteiger charge is 2.26. The zero-order valence-electron chi connectivity index (χ0n) is 10.6. The molecule has 0 amide bonds.